The molecule has 0 saturated carbocycles. The number of phenols is 1. The molecule has 3 atom stereocenters. The Bertz CT molecular complexity index is 882. The monoisotopic (exact) mass is 362 g/mol. The number of phenolic OH excluding ortho intramolecular Hbond substituents is 1. The van der Waals surface area contributed by atoms with Crippen molar-refractivity contribution in [3.63, 3.8) is 0 Å². The number of methoxy groups -OCH3 is 1. The van der Waals surface area contributed by atoms with Crippen LogP contribution in [0.5, 0.6) is 11.5 Å². The molecule has 0 bridgehead atoms. The van der Waals surface area contributed by atoms with Crippen molar-refractivity contribution in [1.29, 1.82) is 0 Å². The normalized spacial score (nSPS) is 24.8. The first-order valence-electron chi connectivity index (χ1n) is 8.35. The number of rotatable bonds is 4. The van der Waals surface area contributed by atoms with E-state index in [0.717, 1.165) is 0 Å². The van der Waals surface area contributed by atoms with Crippen molar-refractivity contribution < 1.29 is 24.5 Å². The van der Waals surface area contributed by atoms with Gasteiger partial charge in [-0.2, -0.15) is 0 Å². The van der Waals surface area contributed by atoms with Crippen LogP contribution < -0.4 is 10.3 Å². The lowest BCUT2D eigenvalue weighted by atomic mass is 9.66. The van der Waals surface area contributed by atoms with Crippen LogP contribution in [0, 0.1) is 5.92 Å². The zero-order chi connectivity index (χ0) is 19.1. The average Bonchev–Trinajstić information content (AvgIpc) is 2.93. The molecule has 1 aliphatic carbocycles. The predicted octanol–water partition coefficient (Wildman–Crippen LogP) is 1.04. The molecule has 0 unspecified atom stereocenters. The molecule has 3 rings (SSSR count). The van der Waals surface area contributed by atoms with E-state index < -0.39 is 23.4 Å². The molecule has 0 spiro atoms. The third-order valence-corrected chi connectivity index (χ3v) is 4.85. The largest absolute Gasteiger partial charge is 0.504 e. The molecule has 1 aliphatic rings. The lowest BCUT2D eigenvalue weighted by Crippen LogP contribution is -2.50. The van der Waals surface area contributed by atoms with Crippen LogP contribution in [0.25, 0.3) is 0 Å². The molecule has 8 heteroatoms. The van der Waals surface area contributed by atoms with Gasteiger partial charge in [-0.1, -0.05) is 6.07 Å². The summed E-state index contributed by atoms with van der Waals surface area (Å²) in [5, 5.41) is 26.4. The van der Waals surface area contributed by atoms with Gasteiger partial charge in [-0.25, -0.2) is 0 Å². The van der Waals surface area contributed by atoms with Crippen molar-refractivity contribution in [3.05, 3.63) is 45.4 Å². The number of H-pyrrole nitrogens is 2. The Balaban J connectivity index is 2.21. The van der Waals surface area contributed by atoms with Crippen molar-refractivity contribution in [1.82, 2.24) is 10.2 Å². The van der Waals surface area contributed by atoms with Gasteiger partial charge in [0.1, 0.15) is 0 Å². The number of esters is 1. The Morgan fingerprint density at radius 2 is 2.12 bits per heavy atom. The molecule has 8 nitrogen and oxygen atoms in total. The van der Waals surface area contributed by atoms with E-state index >= 15 is 0 Å². The van der Waals surface area contributed by atoms with E-state index in [-0.39, 0.29) is 30.1 Å². The fraction of sp³-hybridized carbons (Fsp3) is 0.444. The number of carbonyl (C=O) groups excluding carboxylic acids is 1. The average molecular weight is 362 g/mol. The van der Waals surface area contributed by atoms with Crippen LogP contribution in [-0.2, 0) is 16.0 Å². The van der Waals surface area contributed by atoms with Crippen LogP contribution >= 0.6 is 0 Å². The highest BCUT2D eigenvalue weighted by molar-refractivity contribution is 5.77. The summed E-state index contributed by atoms with van der Waals surface area (Å²) in [5.74, 6) is -2.22. The van der Waals surface area contributed by atoms with E-state index in [0.29, 0.717) is 16.8 Å². The topological polar surface area (TPSA) is 125 Å². The number of hydrogen-bond donors (Lipinski definition) is 4. The van der Waals surface area contributed by atoms with Gasteiger partial charge in [0, 0.05) is 23.6 Å². The first kappa shape index (κ1) is 18.1. The molecule has 4 N–H and O–H groups in total. The first-order valence-corrected chi connectivity index (χ1v) is 8.35. The van der Waals surface area contributed by atoms with Crippen molar-refractivity contribution in [2.75, 3.05) is 13.7 Å². The quantitative estimate of drug-likeness (QED) is 0.602. The number of carbonyl (C=O) groups is 1. The first-order chi connectivity index (χ1) is 12.3. The van der Waals surface area contributed by atoms with Crippen molar-refractivity contribution >= 4 is 5.97 Å². The highest BCUT2D eigenvalue weighted by Gasteiger charge is 2.51. The lowest BCUT2D eigenvalue weighted by molar-refractivity contribution is -0.159. The number of aromatic nitrogens is 2. The summed E-state index contributed by atoms with van der Waals surface area (Å²) >= 11 is 0. The summed E-state index contributed by atoms with van der Waals surface area (Å²) in [4.78, 5) is 25.0. The summed E-state index contributed by atoms with van der Waals surface area (Å²) in [5.41, 5.74) is -0.414. The zero-order valence-corrected chi connectivity index (χ0v) is 14.8. The summed E-state index contributed by atoms with van der Waals surface area (Å²) in [7, 11) is 1.43. The third kappa shape index (κ3) is 2.86. The van der Waals surface area contributed by atoms with Crippen LogP contribution in [0.3, 0.4) is 0 Å². The smallest absolute Gasteiger partial charge is 0.312 e. The second-order valence-corrected chi connectivity index (χ2v) is 6.64. The van der Waals surface area contributed by atoms with Crippen molar-refractivity contribution in [2.45, 2.75) is 31.8 Å². The number of aromatic amines is 2. The van der Waals surface area contributed by atoms with Gasteiger partial charge in [0.2, 0.25) is 0 Å². The Morgan fingerprint density at radius 1 is 1.38 bits per heavy atom. The van der Waals surface area contributed by atoms with Gasteiger partial charge in [0.25, 0.3) is 5.56 Å². The van der Waals surface area contributed by atoms with Gasteiger partial charge in [-0.3, -0.25) is 14.7 Å². The van der Waals surface area contributed by atoms with Gasteiger partial charge in [-0.15, -0.1) is 0 Å². The maximum atomic E-state index is 12.7. The van der Waals surface area contributed by atoms with Crippen LogP contribution in [0.15, 0.2) is 23.0 Å². The maximum absolute atomic E-state index is 12.7. The number of ether oxygens (including phenoxy) is 2. The Hall–Kier alpha value is -2.74. The molecule has 0 amide bonds. The zero-order valence-electron chi connectivity index (χ0n) is 14.8. The number of hydrogen-bond acceptors (Lipinski definition) is 6. The molecule has 1 heterocycles. The minimum absolute atomic E-state index is 0.100. The third-order valence-electron chi connectivity index (χ3n) is 4.85. The molecule has 0 fully saturated rings. The highest BCUT2D eigenvalue weighted by Crippen LogP contribution is 2.45. The fourth-order valence-corrected chi connectivity index (χ4v) is 3.75. The van der Waals surface area contributed by atoms with E-state index in [2.05, 4.69) is 10.2 Å². The SMILES string of the molecule is CCOC(=O)[C@@H]1[C@H](c2ccc(OC)c(O)c2)c2c([nH][nH]c2=O)C[C@]1(C)O. The summed E-state index contributed by atoms with van der Waals surface area (Å²) in [6.45, 7) is 3.37. The number of aliphatic hydroxyl groups is 1. The molecular weight excluding hydrogens is 340 g/mol. The summed E-state index contributed by atoms with van der Waals surface area (Å²) in [6, 6.07) is 4.65. The molecule has 2 aromatic rings. The minimum Gasteiger partial charge on any atom is -0.504 e. The van der Waals surface area contributed by atoms with E-state index in [1.165, 1.54) is 13.2 Å². The van der Waals surface area contributed by atoms with E-state index in [9.17, 15) is 19.8 Å². The molecule has 0 saturated heterocycles. The Labute approximate surface area is 149 Å². The van der Waals surface area contributed by atoms with Gasteiger partial charge in [0.15, 0.2) is 11.5 Å². The van der Waals surface area contributed by atoms with E-state index in [1.54, 1.807) is 26.0 Å². The van der Waals surface area contributed by atoms with Crippen molar-refractivity contribution in [3.8, 4) is 11.5 Å². The molecule has 0 radical (unpaired) electrons. The molecule has 1 aromatic heterocycles. The molecular formula is C18H22N2O6. The van der Waals surface area contributed by atoms with Crippen LogP contribution in [0.1, 0.15) is 36.6 Å². The van der Waals surface area contributed by atoms with Gasteiger partial charge < -0.3 is 24.8 Å². The lowest BCUT2D eigenvalue weighted by Gasteiger charge is -2.40. The number of fused-ring (bicyclic) bond motifs is 1. The van der Waals surface area contributed by atoms with E-state index in [4.69, 9.17) is 9.47 Å². The highest BCUT2D eigenvalue weighted by atomic mass is 16.5. The summed E-state index contributed by atoms with van der Waals surface area (Å²) < 4.78 is 10.2. The van der Waals surface area contributed by atoms with Gasteiger partial charge >= 0.3 is 5.97 Å². The maximum Gasteiger partial charge on any atom is 0.312 e. The van der Waals surface area contributed by atoms with Gasteiger partial charge in [0.05, 0.1) is 25.2 Å². The van der Waals surface area contributed by atoms with Crippen LogP contribution in [-0.4, -0.2) is 45.7 Å². The Morgan fingerprint density at radius 3 is 2.73 bits per heavy atom. The number of nitrogens with one attached hydrogen (secondary N) is 2. The number of aromatic hydroxyl groups is 1. The van der Waals surface area contributed by atoms with Gasteiger partial charge in [-0.05, 0) is 31.5 Å². The second-order valence-electron chi connectivity index (χ2n) is 6.64. The van der Waals surface area contributed by atoms with Crippen LogP contribution in [0.4, 0.5) is 0 Å². The second kappa shape index (κ2) is 6.53. The standard InChI is InChI=1S/C18H22N2O6/c1-4-26-17(23)15-13(9-5-6-12(25-3)11(21)7-9)14-10(8-18(15,2)24)19-20-16(14)22/h5-7,13,15,21,24H,4,8H2,1-3H3,(H2,19,20,22)/t13-,15+,18+/m1/s1. The molecule has 140 valence electrons. The molecule has 0 aliphatic heterocycles. The molecule has 1 aromatic carbocycles. The minimum atomic E-state index is -1.44. The predicted molar refractivity (Wildman–Crippen MR) is 92.4 cm³/mol. The summed E-state index contributed by atoms with van der Waals surface area (Å²) in [6.07, 6.45) is 0.100. The van der Waals surface area contributed by atoms with E-state index in [1.807, 2.05) is 0 Å². The van der Waals surface area contributed by atoms with Crippen molar-refractivity contribution in [2.24, 2.45) is 5.92 Å². The molecule has 26 heavy (non-hydrogen) atoms. The number of benzene rings is 1. The Kier molecular flexibility index (Phi) is 4.53. The fourth-order valence-electron chi connectivity index (χ4n) is 3.75. The van der Waals surface area contributed by atoms with Crippen LogP contribution in [0.2, 0.25) is 0 Å².